The number of methoxy groups -OCH3 is 1. The molecule has 2 fully saturated rings. The summed E-state index contributed by atoms with van der Waals surface area (Å²) in [5.74, 6) is 0.128. The van der Waals surface area contributed by atoms with Crippen molar-refractivity contribution in [1.82, 2.24) is 14.5 Å². The second-order valence-corrected chi connectivity index (χ2v) is 8.46. The average molecular weight is 333 g/mol. The van der Waals surface area contributed by atoms with Crippen LogP contribution in [-0.2, 0) is 14.8 Å². The fourth-order valence-corrected chi connectivity index (χ4v) is 4.48. The highest BCUT2D eigenvalue weighted by molar-refractivity contribution is 7.88. The lowest BCUT2D eigenvalue weighted by atomic mass is 9.73. The van der Waals surface area contributed by atoms with Crippen LogP contribution in [0, 0.1) is 11.3 Å². The zero-order valence-corrected chi connectivity index (χ0v) is 14.5. The molecule has 1 N–H and O–H groups in total. The summed E-state index contributed by atoms with van der Waals surface area (Å²) in [5.41, 5.74) is -0.167. The topological polar surface area (TPSA) is 79.0 Å². The monoisotopic (exact) mass is 333 g/mol. The van der Waals surface area contributed by atoms with E-state index >= 15 is 0 Å². The predicted octanol–water partition coefficient (Wildman–Crippen LogP) is 0.336. The van der Waals surface area contributed by atoms with Crippen molar-refractivity contribution >= 4 is 16.1 Å². The zero-order valence-electron chi connectivity index (χ0n) is 13.7. The van der Waals surface area contributed by atoms with Gasteiger partial charge in [0.1, 0.15) is 0 Å². The van der Waals surface area contributed by atoms with Crippen LogP contribution >= 0.6 is 0 Å². The fraction of sp³-hybridized carbons (Fsp3) is 0.929. The summed E-state index contributed by atoms with van der Waals surface area (Å²) in [6.45, 7) is 5.42. The van der Waals surface area contributed by atoms with Crippen LogP contribution in [-0.4, -0.2) is 76.4 Å². The van der Waals surface area contributed by atoms with Gasteiger partial charge in [-0.15, -0.1) is 0 Å². The highest BCUT2D eigenvalue weighted by atomic mass is 32.2. The lowest BCUT2D eigenvalue weighted by Crippen LogP contribution is -2.53. The molecular formula is C14H27N3O4S. The first-order chi connectivity index (χ1) is 10.3. The molecule has 0 aromatic heterocycles. The molecule has 0 saturated carbocycles. The number of sulfonamides is 1. The van der Waals surface area contributed by atoms with Crippen molar-refractivity contribution in [3.63, 3.8) is 0 Å². The van der Waals surface area contributed by atoms with Gasteiger partial charge >= 0.3 is 6.03 Å². The maximum Gasteiger partial charge on any atom is 0.317 e. The molecular weight excluding hydrogens is 306 g/mol. The van der Waals surface area contributed by atoms with E-state index in [0.717, 1.165) is 12.8 Å². The molecule has 2 saturated heterocycles. The Balaban J connectivity index is 2.10. The number of carbonyl (C=O) groups is 1. The first-order valence-corrected chi connectivity index (χ1v) is 9.64. The number of rotatable bonds is 5. The number of fused-ring (bicyclic) bond motifs is 1. The first kappa shape index (κ1) is 17.5. The molecule has 0 radical (unpaired) electrons. The van der Waals surface area contributed by atoms with Crippen LogP contribution in [0.4, 0.5) is 4.79 Å². The predicted molar refractivity (Wildman–Crippen MR) is 84.1 cm³/mol. The second kappa shape index (κ2) is 6.72. The SMILES string of the molecule is CCCNC(=O)N1CC[C@@]2(COC)CN(S(C)(=O)=O)C[C@H]2C1. The third-order valence-electron chi connectivity index (χ3n) is 4.82. The van der Waals surface area contributed by atoms with Crippen LogP contribution < -0.4 is 5.32 Å². The van der Waals surface area contributed by atoms with Crippen molar-refractivity contribution in [2.45, 2.75) is 19.8 Å². The molecule has 2 amide bonds. The van der Waals surface area contributed by atoms with E-state index in [4.69, 9.17) is 4.74 Å². The van der Waals surface area contributed by atoms with Gasteiger partial charge in [0, 0.05) is 45.2 Å². The number of hydrogen-bond donors (Lipinski definition) is 1. The lowest BCUT2D eigenvalue weighted by Gasteiger charge is -2.43. The second-order valence-electron chi connectivity index (χ2n) is 6.48. The Hall–Kier alpha value is -0.860. The maximum absolute atomic E-state index is 12.1. The van der Waals surface area contributed by atoms with Crippen molar-refractivity contribution in [2.24, 2.45) is 11.3 Å². The zero-order chi connectivity index (χ0) is 16.4. The molecule has 2 aliphatic rings. The Kier molecular flexibility index (Phi) is 5.34. The molecule has 2 atom stereocenters. The van der Waals surface area contributed by atoms with Crippen LogP contribution in [0.3, 0.4) is 0 Å². The molecule has 0 bridgehead atoms. The minimum absolute atomic E-state index is 0.0503. The van der Waals surface area contributed by atoms with Crippen LogP contribution in [0.2, 0.25) is 0 Å². The number of likely N-dealkylation sites (tertiary alicyclic amines) is 1. The Morgan fingerprint density at radius 1 is 1.41 bits per heavy atom. The van der Waals surface area contributed by atoms with E-state index in [2.05, 4.69) is 5.32 Å². The Bertz CT molecular complexity index is 510. The van der Waals surface area contributed by atoms with Gasteiger partial charge in [0.15, 0.2) is 0 Å². The van der Waals surface area contributed by atoms with E-state index in [0.29, 0.717) is 39.3 Å². The fourth-order valence-electron chi connectivity index (χ4n) is 3.54. The number of carbonyl (C=O) groups excluding carboxylic acids is 1. The molecule has 0 unspecified atom stereocenters. The Labute approximate surface area is 133 Å². The summed E-state index contributed by atoms with van der Waals surface area (Å²) < 4.78 is 30.6. The van der Waals surface area contributed by atoms with Gasteiger partial charge in [-0.1, -0.05) is 6.92 Å². The quantitative estimate of drug-likeness (QED) is 0.787. The van der Waals surface area contributed by atoms with Gasteiger partial charge in [0.05, 0.1) is 12.9 Å². The third kappa shape index (κ3) is 3.55. The van der Waals surface area contributed by atoms with Gasteiger partial charge in [-0.3, -0.25) is 0 Å². The molecule has 0 spiro atoms. The Morgan fingerprint density at radius 3 is 2.73 bits per heavy atom. The third-order valence-corrected chi connectivity index (χ3v) is 6.03. The molecule has 0 aliphatic carbocycles. The standard InChI is InChI=1S/C14H27N3O4S/c1-4-6-15-13(18)16-7-5-14(11-21-2)10-17(22(3,19)20)9-12(14)8-16/h12H,4-11H2,1-3H3,(H,15,18)/t12-,14+/m1/s1. The van der Waals surface area contributed by atoms with E-state index in [1.54, 1.807) is 12.0 Å². The van der Waals surface area contributed by atoms with E-state index in [1.165, 1.54) is 10.6 Å². The van der Waals surface area contributed by atoms with Crippen LogP contribution in [0.15, 0.2) is 0 Å². The Morgan fingerprint density at radius 2 is 2.14 bits per heavy atom. The molecule has 22 heavy (non-hydrogen) atoms. The summed E-state index contributed by atoms with van der Waals surface area (Å²) in [5, 5.41) is 2.89. The van der Waals surface area contributed by atoms with Crippen LogP contribution in [0.5, 0.6) is 0 Å². The van der Waals surface area contributed by atoms with Gasteiger partial charge in [-0.05, 0) is 18.8 Å². The number of hydrogen-bond acceptors (Lipinski definition) is 4. The molecule has 2 rings (SSSR count). The number of piperidine rings is 1. The molecule has 8 heteroatoms. The number of nitrogens with one attached hydrogen (secondary N) is 1. The van der Waals surface area contributed by atoms with Crippen LogP contribution in [0.1, 0.15) is 19.8 Å². The number of amides is 2. The van der Waals surface area contributed by atoms with Gasteiger partial charge in [-0.25, -0.2) is 17.5 Å². The molecule has 128 valence electrons. The average Bonchev–Trinajstić information content (AvgIpc) is 2.83. The number of nitrogens with zero attached hydrogens (tertiary/aromatic N) is 2. The number of ether oxygens (including phenoxy) is 1. The minimum atomic E-state index is -3.21. The minimum Gasteiger partial charge on any atom is -0.384 e. The molecule has 7 nitrogen and oxygen atoms in total. The highest BCUT2D eigenvalue weighted by Gasteiger charge is 2.52. The van der Waals surface area contributed by atoms with Crippen molar-refractivity contribution in [1.29, 1.82) is 0 Å². The summed E-state index contributed by atoms with van der Waals surface area (Å²) in [6, 6.07) is -0.0503. The van der Waals surface area contributed by atoms with E-state index < -0.39 is 10.0 Å². The summed E-state index contributed by atoms with van der Waals surface area (Å²) in [7, 11) is -1.56. The lowest BCUT2D eigenvalue weighted by molar-refractivity contribution is 0.0116. The summed E-state index contributed by atoms with van der Waals surface area (Å²) >= 11 is 0. The van der Waals surface area contributed by atoms with Crippen molar-refractivity contribution in [2.75, 3.05) is 52.7 Å². The number of urea groups is 1. The van der Waals surface area contributed by atoms with E-state index in [-0.39, 0.29) is 17.4 Å². The normalized spacial score (nSPS) is 29.4. The van der Waals surface area contributed by atoms with Crippen molar-refractivity contribution in [3.05, 3.63) is 0 Å². The van der Waals surface area contributed by atoms with Gasteiger partial charge in [-0.2, -0.15) is 0 Å². The van der Waals surface area contributed by atoms with E-state index in [9.17, 15) is 13.2 Å². The maximum atomic E-state index is 12.1. The molecule has 2 heterocycles. The van der Waals surface area contributed by atoms with Crippen molar-refractivity contribution in [3.8, 4) is 0 Å². The first-order valence-electron chi connectivity index (χ1n) is 7.79. The molecule has 2 aliphatic heterocycles. The summed E-state index contributed by atoms with van der Waals surface area (Å²) in [6.07, 6.45) is 2.92. The van der Waals surface area contributed by atoms with Crippen LogP contribution in [0.25, 0.3) is 0 Å². The smallest absolute Gasteiger partial charge is 0.317 e. The van der Waals surface area contributed by atoms with Crippen molar-refractivity contribution < 1.29 is 17.9 Å². The molecule has 0 aromatic carbocycles. The van der Waals surface area contributed by atoms with E-state index in [1.807, 2.05) is 6.92 Å². The molecule has 0 aromatic rings. The summed E-state index contributed by atoms with van der Waals surface area (Å²) in [4.78, 5) is 13.9. The highest BCUT2D eigenvalue weighted by Crippen LogP contribution is 2.43. The van der Waals surface area contributed by atoms with Gasteiger partial charge < -0.3 is 15.0 Å². The largest absolute Gasteiger partial charge is 0.384 e. The van der Waals surface area contributed by atoms with Gasteiger partial charge in [0.2, 0.25) is 10.0 Å². The van der Waals surface area contributed by atoms with Gasteiger partial charge in [0.25, 0.3) is 0 Å².